The van der Waals surface area contributed by atoms with Crippen molar-refractivity contribution >= 4 is 44.7 Å². The zero-order valence-electron chi connectivity index (χ0n) is 17.6. The van der Waals surface area contributed by atoms with E-state index in [0.29, 0.717) is 26.8 Å². The average molecular weight is 445 g/mol. The molecule has 4 rings (SSSR count). The van der Waals surface area contributed by atoms with Crippen LogP contribution in [0.5, 0.6) is 0 Å². The first-order valence-electron chi connectivity index (χ1n) is 10.1. The summed E-state index contributed by atoms with van der Waals surface area (Å²) in [6, 6.07) is 5.31. The Kier molecular flexibility index (Phi) is 5.45. The predicted molar refractivity (Wildman–Crippen MR) is 121 cm³/mol. The Morgan fingerprint density at radius 2 is 2.13 bits per heavy atom. The van der Waals surface area contributed by atoms with Gasteiger partial charge in [0.15, 0.2) is 4.83 Å². The summed E-state index contributed by atoms with van der Waals surface area (Å²) >= 11 is 7.68. The second-order valence-corrected chi connectivity index (χ2v) is 10.5. The van der Waals surface area contributed by atoms with Gasteiger partial charge < -0.3 is 5.32 Å². The van der Waals surface area contributed by atoms with E-state index in [1.807, 2.05) is 6.92 Å². The van der Waals surface area contributed by atoms with Crippen LogP contribution in [-0.2, 0) is 24.2 Å². The van der Waals surface area contributed by atoms with E-state index in [1.54, 1.807) is 29.5 Å². The van der Waals surface area contributed by atoms with Crippen molar-refractivity contribution in [3.63, 3.8) is 0 Å². The van der Waals surface area contributed by atoms with Crippen molar-refractivity contribution in [3.05, 3.63) is 49.6 Å². The van der Waals surface area contributed by atoms with E-state index in [2.05, 4.69) is 36.4 Å². The first kappa shape index (κ1) is 21.0. The van der Waals surface area contributed by atoms with Gasteiger partial charge in [0.1, 0.15) is 6.54 Å². The molecule has 1 atom stereocenters. The number of thiophene rings is 1. The van der Waals surface area contributed by atoms with Crippen LogP contribution in [0.25, 0.3) is 10.2 Å². The molecule has 1 N–H and O–H groups in total. The van der Waals surface area contributed by atoms with Crippen LogP contribution < -0.4 is 10.9 Å². The molecule has 0 spiro atoms. The maximum Gasteiger partial charge on any atom is 0.279 e. The highest BCUT2D eigenvalue weighted by Gasteiger charge is 2.32. The van der Waals surface area contributed by atoms with Crippen LogP contribution >= 0.6 is 22.9 Å². The minimum Gasteiger partial charge on any atom is -0.324 e. The molecule has 1 amide bonds. The van der Waals surface area contributed by atoms with Crippen LogP contribution in [-0.4, -0.2) is 20.9 Å². The summed E-state index contributed by atoms with van der Waals surface area (Å²) in [6.07, 6.45) is 2.89. The van der Waals surface area contributed by atoms with Crippen molar-refractivity contribution in [2.75, 3.05) is 5.32 Å². The van der Waals surface area contributed by atoms with Gasteiger partial charge in [-0.1, -0.05) is 43.7 Å². The second-order valence-electron chi connectivity index (χ2n) is 9.00. The number of carbonyl (C=O) groups excluding carboxylic acids is 1. The third-order valence-electron chi connectivity index (χ3n) is 6.00. The fourth-order valence-electron chi connectivity index (χ4n) is 4.04. The van der Waals surface area contributed by atoms with Crippen molar-refractivity contribution in [1.29, 1.82) is 0 Å². The number of hydrogen-bond donors (Lipinski definition) is 1. The molecule has 30 heavy (non-hydrogen) atoms. The van der Waals surface area contributed by atoms with Crippen LogP contribution in [0.4, 0.5) is 5.69 Å². The third kappa shape index (κ3) is 3.88. The lowest BCUT2D eigenvalue weighted by atomic mass is 9.72. The number of rotatable bonds is 3. The maximum absolute atomic E-state index is 13.1. The molecule has 158 valence electrons. The van der Waals surface area contributed by atoms with Crippen LogP contribution in [0.15, 0.2) is 23.0 Å². The summed E-state index contributed by atoms with van der Waals surface area (Å²) in [5.41, 5.74) is 2.48. The molecule has 0 bridgehead atoms. The minimum absolute atomic E-state index is 0.192. The second kappa shape index (κ2) is 7.78. The van der Waals surface area contributed by atoms with Gasteiger partial charge in [0.05, 0.1) is 5.39 Å². The molecule has 3 aromatic rings. The lowest BCUT2D eigenvalue weighted by Gasteiger charge is -2.33. The molecule has 0 aliphatic heterocycles. The van der Waals surface area contributed by atoms with Gasteiger partial charge in [-0.05, 0) is 60.8 Å². The summed E-state index contributed by atoms with van der Waals surface area (Å²) < 4.78 is 1.15. The van der Waals surface area contributed by atoms with Crippen molar-refractivity contribution in [2.45, 2.75) is 53.5 Å². The highest BCUT2D eigenvalue weighted by molar-refractivity contribution is 7.18. The van der Waals surface area contributed by atoms with Crippen LogP contribution in [0.1, 0.15) is 43.2 Å². The average Bonchev–Trinajstić information content (AvgIpc) is 3.05. The summed E-state index contributed by atoms with van der Waals surface area (Å²) in [7, 11) is 0. The molecular weight excluding hydrogens is 420 g/mol. The lowest BCUT2D eigenvalue weighted by molar-refractivity contribution is -0.117. The largest absolute Gasteiger partial charge is 0.324 e. The van der Waals surface area contributed by atoms with E-state index in [-0.39, 0.29) is 23.4 Å². The molecule has 1 aliphatic carbocycles. The maximum atomic E-state index is 13.1. The molecular formula is C22H25ClN4O2S. The molecule has 1 aliphatic rings. The molecule has 6 nitrogen and oxygen atoms in total. The quantitative estimate of drug-likeness (QED) is 0.640. The highest BCUT2D eigenvalue weighted by Crippen LogP contribution is 2.41. The molecule has 1 aromatic carbocycles. The molecule has 0 fully saturated rings. The number of halogens is 1. The Hall–Kier alpha value is -2.25. The van der Waals surface area contributed by atoms with Gasteiger partial charge in [-0.15, -0.1) is 16.4 Å². The van der Waals surface area contributed by atoms with Gasteiger partial charge in [-0.2, -0.15) is 0 Å². The first-order chi connectivity index (χ1) is 14.1. The van der Waals surface area contributed by atoms with E-state index in [4.69, 9.17) is 11.6 Å². The number of aryl methyl sites for hydroxylation is 1. The Bertz CT molecular complexity index is 1190. The van der Waals surface area contributed by atoms with Crippen LogP contribution in [0.3, 0.4) is 0 Å². The summed E-state index contributed by atoms with van der Waals surface area (Å²) in [5, 5.41) is 12.3. The Morgan fingerprint density at radius 1 is 1.37 bits per heavy atom. The Labute approximate surface area is 184 Å². The summed E-state index contributed by atoms with van der Waals surface area (Å²) in [6.45, 7) is 8.44. The summed E-state index contributed by atoms with van der Waals surface area (Å²) in [4.78, 5) is 27.6. The number of aromatic nitrogens is 3. The minimum atomic E-state index is -0.340. The SMILES string of the molecule is Cc1c(Cl)cccc1NC(=O)Cn1nnc2sc3c(c2c1=O)CCC(C(C)(C)C)C3. The van der Waals surface area contributed by atoms with Crippen LogP contribution in [0, 0.1) is 18.3 Å². The number of hydrogen-bond acceptors (Lipinski definition) is 5. The van der Waals surface area contributed by atoms with Crippen molar-refractivity contribution in [3.8, 4) is 0 Å². The lowest BCUT2D eigenvalue weighted by Crippen LogP contribution is -2.31. The highest BCUT2D eigenvalue weighted by atomic mass is 35.5. The Balaban J connectivity index is 1.61. The smallest absolute Gasteiger partial charge is 0.279 e. The standard InChI is InChI=1S/C22H25ClN4O2S/c1-12-15(23)6-5-7-16(12)24-18(28)11-27-21(29)19-14-9-8-13(22(2,3)4)10-17(14)30-20(19)25-26-27/h5-7,13H,8-11H2,1-4H3,(H,24,28). The fraction of sp³-hybridized carbons (Fsp3) is 0.455. The normalized spacial score (nSPS) is 16.5. The Morgan fingerprint density at radius 3 is 2.87 bits per heavy atom. The molecule has 1 unspecified atom stereocenters. The van der Waals surface area contributed by atoms with Crippen LogP contribution in [0.2, 0.25) is 5.02 Å². The monoisotopic (exact) mass is 444 g/mol. The molecule has 0 saturated heterocycles. The van der Waals surface area contributed by atoms with Crippen molar-refractivity contribution < 1.29 is 4.79 Å². The van der Waals surface area contributed by atoms with E-state index in [9.17, 15) is 9.59 Å². The van der Waals surface area contributed by atoms with Gasteiger partial charge >= 0.3 is 0 Å². The summed E-state index contributed by atoms with van der Waals surface area (Å²) in [5.74, 6) is 0.243. The van der Waals surface area contributed by atoms with Gasteiger partial charge in [0.25, 0.3) is 5.56 Å². The number of amides is 1. The molecule has 0 radical (unpaired) electrons. The fourth-order valence-corrected chi connectivity index (χ4v) is 5.45. The zero-order chi connectivity index (χ0) is 21.6. The number of fused-ring (bicyclic) bond motifs is 3. The van der Waals surface area contributed by atoms with E-state index in [1.165, 1.54) is 4.88 Å². The van der Waals surface area contributed by atoms with Crippen molar-refractivity contribution in [1.82, 2.24) is 15.0 Å². The first-order valence-corrected chi connectivity index (χ1v) is 11.3. The van der Waals surface area contributed by atoms with Gasteiger partial charge in [-0.3, -0.25) is 9.59 Å². The van der Waals surface area contributed by atoms with Crippen molar-refractivity contribution in [2.24, 2.45) is 11.3 Å². The topological polar surface area (TPSA) is 76.9 Å². The number of nitrogens with zero attached hydrogens (tertiary/aromatic N) is 3. The molecule has 8 heteroatoms. The zero-order valence-corrected chi connectivity index (χ0v) is 19.2. The number of benzene rings is 1. The van der Waals surface area contributed by atoms with E-state index < -0.39 is 0 Å². The van der Waals surface area contributed by atoms with E-state index in [0.717, 1.165) is 35.1 Å². The third-order valence-corrected chi connectivity index (χ3v) is 7.55. The molecule has 0 saturated carbocycles. The molecule has 2 aromatic heterocycles. The predicted octanol–water partition coefficient (Wildman–Crippen LogP) is 4.60. The van der Waals surface area contributed by atoms with Gasteiger partial charge in [-0.25, -0.2) is 4.68 Å². The molecule has 2 heterocycles. The number of anilines is 1. The van der Waals surface area contributed by atoms with Gasteiger partial charge in [0.2, 0.25) is 5.91 Å². The number of carbonyl (C=O) groups is 1. The van der Waals surface area contributed by atoms with E-state index >= 15 is 0 Å². The number of nitrogens with one attached hydrogen (secondary N) is 1. The van der Waals surface area contributed by atoms with Gasteiger partial charge in [0, 0.05) is 15.6 Å².